The SMILES string of the molecule is c1ccc2c(c1)CC[C@H]2Nc1ccc2c(N3CCOCC3)cccc2n1. The molecule has 1 aromatic heterocycles. The molecule has 2 aromatic carbocycles. The van der Waals surface area contributed by atoms with E-state index in [1.54, 1.807) is 0 Å². The van der Waals surface area contributed by atoms with E-state index in [4.69, 9.17) is 9.72 Å². The maximum absolute atomic E-state index is 5.49. The smallest absolute Gasteiger partial charge is 0.127 e. The predicted molar refractivity (Wildman–Crippen MR) is 106 cm³/mol. The fourth-order valence-corrected chi connectivity index (χ4v) is 4.18. The van der Waals surface area contributed by atoms with Gasteiger partial charge < -0.3 is 15.0 Å². The summed E-state index contributed by atoms with van der Waals surface area (Å²) in [4.78, 5) is 7.29. The minimum absolute atomic E-state index is 0.360. The molecule has 4 heteroatoms. The Morgan fingerprint density at radius 1 is 0.962 bits per heavy atom. The van der Waals surface area contributed by atoms with Crippen molar-refractivity contribution in [2.75, 3.05) is 36.5 Å². The zero-order chi connectivity index (χ0) is 17.3. The first-order chi connectivity index (χ1) is 12.9. The summed E-state index contributed by atoms with van der Waals surface area (Å²) in [6.45, 7) is 3.48. The first kappa shape index (κ1) is 15.6. The summed E-state index contributed by atoms with van der Waals surface area (Å²) >= 11 is 0. The molecule has 0 amide bonds. The lowest BCUT2D eigenvalue weighted by molar-refractivity contribution is 0.123. The van der Waals surface area contributed by atoms with Gasteiger partial charge in [-0.1, -0.05) is 30.3 Å². The Kier molecular flexibility index (Phi) is 3.98. The highest BCUT2D eigenvalue weighted by Gasteiger charge is 2.22. The van der Waals surface area contributed by atoms with Crippen LogP contribution in [0, 0.1) is 0 Å². The van der Waals surface area contributed by atoms with Crippen molar-refractivity contribution in [2.24, 2.45) is 0 Å². The van der Waals surface area contributed by atoms with Crippen LogP contribution in [0.2, 0.25) is 0 Å². The summed E-state index contributed by atoms with van der Waals surface area (Å²) in [6.07, 6.45) is 2.27. The second-order valence-corrected chi connectivity index (χ2v) is 7.07. The number of pyridine rings is 1. The number of fused-ring (bicyclic) bond motifs is 2. The van der Waals surface area contributed by atoms with Gasteiger partial charge in [0.15, 0.2) is 0 Å². The first-order valence-electron chi connectivity index (χ1n) is 9.45. The van der Waals surface area contributed by atoms with Gasteiger partial charge in [0.2, 0.25) is 0 Å². The van der Waals surface area contributed by atoms with E-state index in [0.717, 1.165) is 50.5 Å². The molecule has 5 rings (SSSR count). The quantitative estimate of drug-likeness (QED) is 0.773. The fourth-order valence-electron chi connectivity index (χ4n) is 4.18. The van der Waals surface area contributed by atoms with E-state index >= 15 is 0 Å². The molecule has 2 heterocycles. The van der Waals surface area contributed by atoms with Crippen molar-refractivity contribution < 1.29 is 4.74 Å². The lowest BCUT2D eigenvalue weighted by Crippen LogP contribution is -2.36. The third-order valence-electron chi connectivity index (χ3n) is 5.52. The van der Waals surface area contributed by atoms with Gasteiger partial charge in [-0.2, -0.15) is 0 Å². The number of aromatic nitrogens is 1. The number of aryl methyl sites for hydroxylation is 1. The average Bonchev–Trinajstić information content (AvgIpc) is 3.11. The van der Waals surface area contributed by atoms with E-state index in [1.165, 1.54) is 22.2 Å². The normalized spacial score (nSPS) is 19.5. The number of hydrogen-bond donors (Lipinski definition) is 1. The van der Waals surface area contributed by atoms with Crippen LogP contribution in [0.4, 0.5) is 11.5 Å². The number of benzene rings is 2. The van der Waals surface area contributed by atoms with E-state index in [-0.39, 0.29) is 0 Å². The van der Waals surface area contributed by atoms with E-state index in [2.05, 4.69) is 64.8 Å². The van der Waals surface area contributed by atoms with E-state index < -0.39 is 0 Å². The van der Waals surface area contributed by atoms with Crippen LogP contribution in [0.3, 0.4) is 0 Å². The van der Waals surface area contributed by atoms with Crippen molar-refractivity contribution in [3.8, 4) is 0 Å². The zero-order valence-electron chi connectivity index (χ0n) is 14.8. The largest absolute Gasteiger partial charge is 0.378 e. The average molecular weight is 345 g/mol. The number of ether oxygens (including phenoxy) is 1. The second-order valence-electron chi connectivity index (χ2n) is 7.07. The van der Waals surface area contributed by atoms with Gasteiger partial charge in [-0.05, 0) is 48.2 Å². The number of anilines is 2. The summed E-state index contributed by atoms with van der Waals surface area (Å²) in [6, 6.07) is 19.8. The van der Waals surface area contributed by atoms with Crippen molar-refractivity contribution >= 4 is 22.4 Å². The molecule has 1 fully saturated rings. The summed E-state index contributed by atoms with van der Waals surface area (Å²) in [5, 5.41) is 4.86. The van der Waals surface area contributed by atoms with Crippen LogP contribution in [0.5, 0.6) is 0 Å². The molecule has 1 atom stereocenters. The molecule has 0 unspecified atom stereocenters. The topological polar surface area (TPSA) is 37.4 Å². The Morgan fingerprint density at radius 2 is 1.85 bits per heavy atom. The zero-order valence-corrected chi connectivity index (χ0v) is 14.8. The number of hydrogen-bond acceptors (Lipinski definition) is 4. The molecule has 0 radical (unpaired) electrons. The van der Waals surface area contributed by atoms with Gasteiger partial charge in [-0.15, -0.1) is 0 Å². The minimum Gasteiger partial charge on any atom is -0.378 e. The van der Waals surface area contributed by atoms with E-state index in [9.17, 15) is 0 Å². The van der Waals surface area contributed by atoms with Crippen LogP contribution < -0.4 is 10.2 Å². The van der Waals surface area contributed by atoms with Crippen LogP contribution in [-0.4, -0.2) is 31.3 Å². The van der Waals surface area contributed by atoms with Crippen LogP contribution in [0.25, 0.3) is 10.9 Å². The summed E-state index contributed by atoms with van der Waals surface area (Å²) < 4.78 is 5.49. The van der Waals surface area contributed by atoms with Gasteiger partial charge in [0.1, 0.15) is 5.82 Å². The second kappa shape index (κ2) is 6.61. The molecule has 1 saturated heterocycles. The van der Waals surface area contributed by atoms with Gasteiger partial charge in [-0.25, -0.2) is 4.98 Å². The highest BCUT2D eigenvalue weighted by Crippen LogP contribution is 2.34. The first-order valence-corrected chi connectivity index (χ1v) is 9.45. The minimum atomic E-state index is 0.360. The lowest BCUT2D eigenvalue weighted by Gasteiger charge is -2.29. The molecule has 2 aliphatic rings. The molecule has 1 N–H and O–H groups in total. The summed E-state index contributed by atoms with van der Waals surface area (Å²) in [5.41, 5.74) is 5.18. The number of nitrogens with zero attached hydrogens (tertiary/aromatic N) is 2. The molecule has 3 aromatic rings. The third-order valence-corrected chi connectivity index (χ3v) is 5.52. The van der Waals surface area contributed by atoms with Crippen molar-refractivity contribution in [1.29, 1.82) is 0 Å². The lowest BCUT2D eigenvalue weighted by atomic mass is 10.1. The van der Waals surface area contributed by atoms with Crippen LogP contribution in [-0.2, 0) is 11.2 Å². The highest BCUT2D eigenvalue weighted by atomic mass is 16.5. The molecule has 0 spiro atoms. The molecule has 1 aliphatic carbocycles. The van der Waals surface area contributed by atoms with E-state index in [0.29, 0.717) is 6.04 Å². The molecule has 1 aliphatic heterocycles. The fraction of sp³-hybridized carbons (Fsp3) is 0.318. The van der Waals surface area contributed by atoms with E-state index in [1.807, 2.05) is 0 Å². The summed E-state index contributed by atoms with van der Waals surface area (Å²) in [7, 11) is 0. The predicted octanol–water partition coefficient (Wildman–Crippen LogP) is 4.17. The molecular weight excluding hydrogens is 322 g/mol. The maximum atomic E-state index is 5.49. The molecule has 26 heavy (non-hydrogen) atoms. The van der Waals surface area contributed by atoms with Crippen molar-refractivity contribution in [3.63, 3.8) is 0 Å². The Morgan fingerprint density at radius 3 is 2.77 bits per heavy atom. The van der Waals surface area contributed by atoms with Crippen LogP contribution in [0.1, 0.15) is 23.6 Å². The monoisotopic (exact) mass is 345 g/mol. The van der Waals surface area contributed by atoms with Gasteiger partial charge in [0.05, 0.1) is 24.8 Å². The van der Waals surface area contributed by atoms with Crippen LogP contribution in [0.15, 0.2) is 54.6 Å². The van der Waals surface area contributed by atoms with Gasteiger partial charge in [0.25, 0.3) is 0 Å². The Hall–Kier alpha value is -2.59. The van der Waals surface area contributed by atoms with Gasteiger partial charge >= 0.3 is 0 Å². The van der Waals surface area contributed by atoms with Crippen LogP contribution >= 0.6 is 0 Å². The molecule has 0 bridgehead atoms. The third kappa shape index (κ3) is 2.80. The number of nitrogens with one attached hydrogen (secondary N) is 1. The van der Waals surface area contributed by atoms with Gasteiger partial charge in [0, 0.05) is 24.2 Å². The van der Waals surface area contributed by atoms with Crippen molar-refractivity contribution in [3.05, 3.63) is 65.7 Å². The molecular formula is C22H23N3O. The highest BCUT2D eigenvalue weighted by molar-refractivity contribution is 5.92. The molecule has 0 saturated carbocycles. The Bertz CT molecular complexity index is 934. The molecule has 4 nitrogen and oxygen atoms in total. The number of rotatable bonds is 3. The summed E-state index contributed by atoms with van der Waals surface area (Å²) in [5.74, 6) is 0.957. The number of morpholine rings is 1. The maximum Gasteiger partial charge on any atom is 0.127 e. The van der Waals surface area contributed by atoms with Crippen molar-refractivity contribution in [2.45, 2.75) is 18.9 Å². The molecule has 132 valence electrons. The Labute approximate surface area is 153 Å². The standard InChI is InChI=1S/C22H23N3O/c1-2-5-17-16(4-1)8-10-20(17)24-22-11-9-18-19(23-22)6-3-7-21(18)25-12-14-26-15-13-25/h1-7,9,11,20H,8,10,12-15H2,(H,23,24)/t20-/m1/s1. The van der Waals surface area contributed by atoms with Crippen molar-refractivity contribution in [1.82, 2.24) is 4.98 Å². The Balaban J connectivity index is 1.44. The van der Waals surface area contributed by atoms with Gasteiger partial charge in [-0.3, -0.25) is 0 Å².